The minimum atomic E-state index is -0.777. The molecule has 362 valence electrons. The lowest BCUT2D eigenvalue weighted by Gasteiger charge is -2.18. The van der Waals surface area contributed by atoms with Crippen LogP contribution in [0.5, 0.6) is 0 Å². The van der Waals surface area contributed by atoms with Crippen LogP contribution in [0.25, 0.3) is 0 Å². The molecule has 0 aromatic heterocycles. The molecule has 0 unspecified atom stereocenters. The van der Waals surface area contributed by atoms with Gasteiger partial charge in [0.1, 0.15) is 13.2 Å². The summed E-state index contributed by atoms with van der Waals surface area (Å²) in [7, 11) is 0. The van der Waals surface area contributed by atoms with Gasteiger partial charge in [-0.05, 0) is 77.0 Å². The van der Waals surface area contributed by atoms with Gasteiger partial charge in [-0.1, -0.05) is 224 Å². The highest BCUT2D eigenvalue weighted by molar-refractivity contribution is 5.71. The van der Waals surface area contributed by atoms with Crippen molar-refractivity contribution in [2.45, 2.75) is 290 Å². The van der Waals surface area contributed by atoms with Crippen LogP contribution in [0.15, 0.2) is 36.5 Å². The topological polar surface area (TPSA) is 78.9 Å². The highest BCUT2D eigenvalue weighted by atomic mass is 16.6. The Morgan fingerprint density at radius 3 is 0.935 bits per heavy atom. The molecule has 0 aliphatic rings. The number of esters is 3. The summed E-state index contributed by atoms with van der Waals surface area (Å²) >= 11 is 0. The number of ether oxygens (including phenoxy) is 3. The molecule has 1 atom stereocenters. The van der Waals surface area contributed by atoms with Crippen molar-refractivity contribution in [3.05, 3.63) is 36.5 Å². The molecule has 0 spiro atoms. The monoisotopic (exact) mass is 871 g/mol. The van der Waals surface area contributed by atoms with Crippen molar-refractivity contribution in [2.24, 2.45) is 0 Å². The van der Waals surface area contributed by atoms with Crippen molar-refractivity contribution in [1.82, 2.24) is 0 Å². The molecule has 0 radical (unpaired) electrons. The van der Waals surface area contributed by atoms with Gasteiger partial charge >= 0.3 is 17.9 Å². The fraction of sp³-hybridized carbons (Fsp3) is 0.839. The Kier molecular flexibility index (Phi) is 49.3. The number of rotatable bonds is 49. The van der Waals surface area contributed by atoms with Crippen LogP contribution in [0.3, 0.4) is 0 Å². The van der Waals surface area contributed by atoms with Gasteiger partial charge in [-0.25, -0.2) is 0 Å². The predicted molar refractivity (Wildman–Crippen MR) is 266 cm³/mol. The van der Waals surface area contributed by atoms with E-state index in [1.807, 2.05) is 0 Å². The van der Waals surface area contributed by atoms with Crippen LogP contribution in [0.2, 0.25) is 0 Å². The molecular formula is C56H102O6. The maximum Gasteiger partial charge on any atom is 0.306 e. The van der Waals surface area contributed by atoms with Crippen molar-refractivity contribution < 1.29 is 28.6 Å². The standard InChI is InChI=1S/C56H102O6/c1-4-7-10-13-16-19-22-24-26-27-28-29-31-32-34-37-40-43-46-49-55(58)61-52-53(51-60-54(57)48-45-42-39-36-21-18-15-12-9-6-3)62-56(59)50-47-44-41-38-35-33-30-25-23-20-17-14-11-8-5-2/h17,20,25,27-28,30,53H,4-16,18-19,21-24,26,29,31-52H2,1-3H3/b20-17-,28-27-,30-25-/t53-/m1/s1. The third kappa shape index (κ3) is 48.7. The predicted octanol–water partition coefficient (Wildman–Crippen LogP) is 17.7. The maximum atomic E-state index is 12.8. The van der Waals surface area contributed by atoms with Crippen LogP contribution >= 0.6 is 0 Å². The van der Waals surface area contributed by atoms with Crippen molar-refractivity contribution in [3.63, 3.8) is 0 Å². The molecule has 0 aliphatic heterocycles. The molecule has 0 fully saturated rings. The minimum Gasteiger partial charge on any atom is -0.462 e. The van der Waals surface area contributed by atoms with Crippen LogP contribution in [0.4, 0.5) is 0 Å². The third-order valence-corrected chi connectivity index (χ3v) is 11.9. The van der Waals surface area contributed by atoms with Crippen LogP contribution in [0.1, 0.15) is 284 Å². The lowest BCUT2D eigenvalue weighted by atomic mass is 10.1. The zero-order valence-corrected chi connectivity index (χ0v) is 41.4. The molecule has 0 aromatic carbocycles. The average Bonchev–Trinajstić information content (AvgIpc) is 3.27. The van der Waals surface area contributed by atoms with E-state index in [0.29, 0.717) is 19.3 Å². The van der Waals surface area contributed by atoms with E-state index in [1.54, 1.807) is 0 Å². The molecule has 6 nitrogen and oxygen atoms in total. The third-order valence-electron chi connectivity index (χ3n) is 11.9. The Bertz CT molecular complexity index is 1050. The second-order valence-corrected chi connectivity index (χ2v) is 18.1. The Morgan fingerprint density at radius 1 is 0.323 bits per heavy atom. The first-order valence-electron chi connectivity index (χ1n) is 27.0. The van der Waals surface area contributed by atoms with Crippen molar-refractivity contribution >= 4 is 17.9 Å². The number of carbonyl (C=O) groups excluding carboxylic acids is 3. The summed E-state index contributed by atoms with van der Waals surface area (Å²) in [6.45, 7) is 6.61. The van der Waals surface area contributed by atoms with E-state index >= 15 is 0 Å². The fourth-order valence-corrected chi connectivity index (χ4v) is 7.76. The van der Waals surface area contributed by atoms with E-state index in [1.165, 1.54) is 161 Å². The van der Waals surface area contributed by atoms with Gasteiger partial charge in [0.05, 0.1) is 0 Å². The van der Waals surface area contributed by atoms with E-state index in [4.69, 9.17) is 14.2 Å². The zero-order chi connectivity index (χ0) is 45.1. The van der Waals surface area contributed by atoms with Gasteiger partial charge in [0.15, 0.2) is 6.10 Å². The van der Waals surface area contributed by atoms with E-state index in [9.17, 15) is 14.4 Å². The van der Waals surface area contributed by atoms with Gasteiger partial charge in [-0.2, -0.15) is 0 Å². The number of allylic oxidation sites excluding steroid dienone is 6. The summed E-state index contributed by atoms with van der Waals surface area (Å²) in [5, 5.41) is 0. The SMILES string of the molecule is CCCCC/C=C\C/C=C\CCCCCCCC(=O)O[C@@H](COC(=O)CCCCCCCCC/C=C\CCCCCCCCCC)COC(=O)CCCCCCCCCCCC. The first kappa shape index (κ1) is 59.6. The number of unbranched alkanes of at least 4 members (excludes halogenated alkanes) is 32. The van der Waals surface area contributed by atoms with Crippen molar-refractivity contribution in [2.75, 3.05) is 13.2 Å². The van der Waals surface area contributed by atoms with Gasteiger partial charge in [-0.15, -0.1) is 0 Å². The summed E-state index contributed by atoms with van der Waals surface area (Å²) in [6, 6.07) is 0. The summed E-state index contributed by atoms with van der Waals surface area (Å²) in [5.41, 5.74) is 0. The first-order chi connectivity index (χ1) is 30.5. The molecule has 0 amide bonds. The molecular weight excluding hydrogens is 769 g/mol. The molecule has 0 bridgehead atoms. The molecule has 0 rings (SSSR count). The van der Waals surface area contributed by atoms with E-state index in [-0.39, 0.29) is 31.1 Å². The highest BCUT2D eigenvalue weighted by Gasteiger charge is 2.19. The first-order valence-corrected chi connectivity index (χ1v) is 27.0. The van der Waals surface area contributed by atoms with Crippen LogP contribution in [0, 0.1) is 0 Å². The highest BCUT2D eigenvalue weighted by Crippen LogP contribution is 2.15. The van der Waals surface area contributed by atoms with Crippen LogP contribution < -0.4 is 0 Å². The fourth-order valence-electron chi connectivity index (χ4n) is 7.76. The lowest BCUT2D eigenvalue weighted by Crippen LogP contribution is -2.30. The number of hydrogen-bond donors (Lipinski definition) is 0. The Morgan fingerprint density at radius 2 is 0.581 bits per heavy atom. The summed E-state index contributed by atoms with van der Waals surface area (Å²) in [6.07, 6.45) is 59.9. The lowest BCUT2D eigenvalue weighted by molar-refractivity contribution is -0.167. The largest absolute Gasteiger partial charge is 0.462 e. The molecule has 0 heterocycles. The quantitative estimate of drug-likeness (QED) is 0.0262. The molecule has 0 saturated heterocycles. The van der Waals surface area contributed by atoms with Gasteiger partial charge < -0.3 is 14.2 Å². The minimum absolute atomic E-state index is 0.0766. The molecule has 0 aliphatic carbocycles. The van der Waals surface area contributed by atoms with E-state index in [2.05, 4.69) is 57.2 Å². The molecule has 6 heteroatoms. The Balaban J connectivity index is 4.32. The second kappa shape index (κ2) is 51.3. The molecule has 0 N–H and O–H groups in total. The Labute approximate surface area is 385 Å². The molecule has 62 heavy (non-hydrogen) atoms. The van der Waals surface area contributed by atoms with Crippen molar-refractivity contribution in [3.8, 4) is 0 Å². The summed E-state index contributed by atoms with van der Waals surface area (Å²) in [5.74, 6) is -0.885. The van der Waals surface area contributed by atoms with Crippen LogP contribution in [-0.2, 0) is 28.6 Å². The normalized spacial score (nSPS) is 12.2. The maximum absolute atomic E-state index is 12.8. The van der Waals surface area contributed by atoms with E-state index in [0.717, 1.165) is 83.5 Å². The second-order valence-electron chi connectivity index (χ2n) is 18.1. The van der Waals surface area contributed by atoms with Crippen molar-refractivity contribution in [1.29, 1.82) is 0 Å². The number of hydrogen-bond acceptors (Lipinski definition) is 6. The van der Waals surface area contributed by atoms with Gasteiger partial charge in [0, 0.05) is 19.3 Å². The summed E-state index contributed by atoms with van der Waals surface area (Å²) in [4.78, 5) is 38.0. The zero-order valence-electron chi connectivity index (χ0n) is 41.4. The van der Waals surface area contributed by atoms with Crippen LogP contribution in [-0.4, -0.2) is 37.2 Å². The van der Waals surface area contributed by atoms with Gasteiger partial charge in [0.2, 0.25) is 0 Å². The smallest absolute Gasteiger partial charge is 0.306 e. The van der Waals surface area contributed by atoms with E-state index < -0.39 is 6.10 Å². The number of carbonyl (C=O) groups is 3. The Hall–Kier alpha value is -2.37. The summed E-state index contributed by atoms with van der Waals surface area (Å²) < 4.78 is 16.8. The molecule has 0 saturated carbocycles. The molecule has 0 aromatic rings. The average molecular weight is 871 g/mol. The van der Waals surface area contributed by atoms with Gasteiger partial charge in [-0.3, -0.25) is 14.4 Å². The van der Waals surface area contributed by atoms with Gasteiger partial charge in [0.25, 0.3) is 0 Å².